The van der Waals surface area contributed by atoms with Crippen LogP contribution in [-0.2, 0) is 0 Å². The lowest BCUT2D eigenvalue weighted by Gasteiger charge is -2.23. The molecule has 1 aliphatic heterocycles. The molecule has 2 heteroatoms. The van der Waals surface area contributed by atoms with Crippen LogP contribution in [0, 0.1) is 0 Å². The third-order valence-corrected chi connectivity index (χ3v) is 9.24. The standard InChI is InChI=1S/C42H24O2/c1-3-14-31-29(12-1)40(26-19-21-37-34(23-26)28-11-5-6-17-36(28)43-37)30-13-2-4-15-32(30)41(31)27-20-22-38-35(24-27)33-16-7-9-25-10-8-18-39(44-38)42(25)33/h1-24H. The van der Waals surface area contributed by atoms with Crippen molar-refractivity contribution in [3.05, 3.63) is 146 Å². The van der Waals surface area contributed by atoms with E-state index >= 15 is 0 Å². The first-order valence-electron chi connectivity index (χ1n) is 15.0. The third-order valence-electron chi connectivity index (χ3n) is 9.24. The van der Waals surface area contributed by atoms with Crippen LogP contribution >= 0.6 is 0 Å². The van der Waals surface area contributed by atoms with Gasteiger partial charge in [-0.15, -0.1) is 0 Å². The smallest absolute Gasteiger partial charge is 0.135 e. The van der Waals surface area contributed by atoms with Crippen molar-refractivity contribution in [1.29, 1.82) is 0 Å². The van der Waals surface area contributed by atoms with Gasteiger partial charge >= 0.3 is 0 Å². The molecule has 0 radical (unpaired) electrons. The molecule has 2 nitrogen and oxygen atoms in total. The van der Waals surface area contributed by atoms with Gasteiger partial charge in [0.05, 0.1) is 0 Å². The maximum absolute atomic E-state index is 6.44. The molecule has 0 spiro atoms. The summed E-state index contributed by atoms with van der Waals surface area (Å²) in [6, 6.07) is 52.0. The van der Waals surface area contributed by atoms with E-state index in [0.29, 0.717) is 0 Å². The van der Waals surface area contributed by atoms with E-state index in [2.05, 4.69) is 133 Å². The number of para-hydroxylation sites is 1. The molecule has 1 aromatic heterocycles. The summed E-state index contributed by atoms with van der Waals surface area (Å²) >= 11 is 0. The minimum atomic E-state index is 0.894. The fourth-order valence-corrected chi connectivity index (χ4v) is 7.35. The first-order valence-corrected chi connectivity index (χ1v) is 15.0. The highest BCUT2D eigenvalue weighted by molar-refractivity contribution is 6.22. The average molecular weight is 561 g/mol. The van der Waals surface area contributed by atoms with Crippen LogP contribution in [-0.4, -0.2) is 0 Å². The van der Waals surface area contributed by atoms with Crippen LogP contribution in [0.15, 0.2) is 150 Å². The van der Waals surface area contributed by atoms with Gasteiger partial charge in [0, 0.05) is 21.7 Å². The van der Waals surface area contributed by atoms with Crippen molar-refractivity contribution in [2.24, 2.45) is 0 Å². The molecule has 1 aliphatic rings. The van der Waals surface area contributed by atoms with Gasteiger partial charge in [-0.25, -0.2) is 0 Å². The Morgan fingerprint density at radius 1 is 0.364 bits per heavy atom. The first-order chi connectivity index (χ1) is 21.8. The summed E-state index contributed by atoms with van der Waals surface area (Å²) in [6.45, 7) is 0. The topological polar surface area (TPSA) is 22.4 Å². The van der Waals surface area contributed by atoms with Gasteiger partial charge in [0.1, 0.15) is 22.7 Å². The van der Waals surface area contributed by atoms with Gasteiger partial charge < -0.3 is 9.15 Å². The average Bonchev–Trinajstić information content (AvgIpc) is 3.45. The Hall–Kier alpha value is -5.86. The van der Waals surface area contributed by atoms with Gasteiger partial charge in [-0.2, -0.15) is 0 Å². The van der Waals surface area contributed by atoms with Gasteiger partial charge in [0.25, 0.3) is 0 Å². The maximum atomic E-state index is 6.44. The monoisotopic (exact) mass is 560 g/mol. The summed E-state index contributed by atoms with van der Waals surface area (Å²) < 4.78 is 12.6. The number of hydrogen-bond donors (Lipinski definition) is 0. The van der Waals surface area contributed by atoms with Gasteiger partial charge in [0.2, 0.25) is 0 Å². The Balaban J connectivity index is 1.26. The molecule has 0 unspecified atom stereocenters. The van der Waals surface area contributed by atoms with E-state index < -0.39 is 0 Å². The summed E-state index contributed by atoms with van der Waals surface area (Å²) in [5.41, 5.74) is 9.01. The summed E-state index contributed by atoms with van der Waals surface area (Å²) in [7, 11) is 0. The maximum Gasteiger partial charge on any atom is 0.135 e. The van der Waals surface area contributed by atoms with Crippen molar-refractivity contribution in [2.45, 2.75) is 0 Å². The van der Waals surface area contributed by atoms with Crippen LogP contribution in [0.2, 0.25) is 0 Å². The molecule has 0 aliphatic carbocycles. The van der Waals surface area contributed by atoms with Crippen molar-refractivity contribution in [2.75, 3.05) is 0 Å². The van der Waals surface area contributed by atoms with Crippen molar-refractivity contribution in [3.8, 4) is 44.9 Å². The Morgan fingerprint density at radius 3 is 1.68 bits per heavy atom. The van der Waals surface area contributed by atoms with Gasteiger partial charge in [-0.1, -0.05) is 109 Å². The van der Waals surface area contributed by atoms with E-state index in [1.807, 2.05) is 12.1 Å². The van der Waals surface area contributed by atoms with Gasteiger partial charge in [-0.05, 0) is 91.1 Å². The minimum Gasteiger partial charge on any atom is -0.456 e. The summed E-state index contributed by atoms with van der Waals surface area (Å²) in [4.78, 5) is 0. The second kappa shape index (κ2) is 8.82. The Bertz CT molecular complexity index is 2580. The molecule has 10 rings (SSSR count). The predicted molar refractivity (Wildman–Crippen MR) is 183 cm³/mol. The lowest BCUT2D eigenvalue weighted by Crippen LogP contribution is -1.97. The summed E-state index contributed by atoms with van der Waals surface area (Å²) in [6.07, 6.45) is 0. The van der Waals surface area contributed by atoms with E-state index in [9.17, 15) is 0 Å². The molecule has 2 heterocycles. The highest BCUT2D eigenvalue weighted by Crippen LogP contribution is 2.50. The van der Waals surface area contributed by atoms with Gasteiger partial charge in [-0.3, -0.25) is 0 Å². The number of rotatable bonds is 2. The summed E-state index contributed by atoms with van der Waals surface area (Å²) in [5, 5.41) is 9.57. The number of fused-ring (bicyclic) bond motifs is 7. The highest BCUT2D eigenvalue weighted by atomic mass is 16.5. The molecular weight excluding hydrogens is 536 g/mol. The van der Waals surface area contributed by atoms with Crippen molar-refractivity contribution < 1.29 is 9.15 Å². The molecule has 44 heavy (non-hydrogen) atoms. The van der Waals surface area contributed by atoms with Crippen LogP contribution in [0.1, 0.15) is 0 Å². The zero-order chi connectivity index (χ0) is 28.8. The molecule has 0 N–H and O–H groups in total. The number of furan rings is 1. The minimum absolute atomic E-state index is 0.894. The van der Waals surface area contributed by atoms with Crippen LogP contribution in [0.25, 0.3) is 87.6 Å². The molecular formula is C42H24O2. The lowest BCUT2D eigenvalue weighted by molar-refractivity contribution is 0.487. The molecule has 0 saturated carbocycles. The van der Waals surface area contributed by atoms with Crippen LogP contribution in [0.5, 0.6) is 11.5 Å². The predicted octanol–water partition coefficient (Wildman–Crippen LogP) is 12.2. The van der Waals surface area contributed by atoms with Crippen LogP contribution < -0.4 is 4.74 Å². The fraction of sp³-hybridized carbons (Fsp3) is 0. The SMILES string of the molecule is c1cc2c3c(cccc3c1)-c1cc(-c3c4ccccc4c(-c4ccc5oc6ccccc6c5c4)c4ccccc34)ccc1O2. The van der Waals surface area contributed by atoms with Crippen molar-refractivity contribution >= 4 is 54.3 Å². The molecule has 0 fully saturated rings. The molecule has 8 aromatic carbocycles. The fourth-order valence-electron chi connectivity index (χ4n) is 7.35. The van der Waals surface area contributed by atoms with E-state index in [-0.39, 0.29) is 0 Å². The second-order valence-electron chi connectivity index (χ2n) is 11.6. The molecule has 0 atom stereocenters. The quantitative estimate of drug-likeness (QED) is 0.196. The van der Waals surface area contributed by atoms with Crippen molar-refractivity contribution in [3.63, 3.8) is 0 Å². The van der Waals surface area contributed by atoms with E-state index in [1.165, 1.54) is 60.1 Å². The molecule has 0 bridgehead atoms. The normalized spacial score (nSPS) is 12.3. The van der Waals surface area contributed by atoms with Gasteiger partial charge in [0.15, 0.2) is 0 Å². The van der Waals surface area contributed by atoms with E-state index in [4.69, 9.17) is 9.15 Å². The number of ether oxygens (including phenoxy) is 1. The first kappa shape index (κ1) is 23.7. The third kappa shape index (κ3) is 3.25. The largest absolute Gasteiger partial charge is 0.456 e. The van der Waals surface area contributed by atoms with Crippen LogP contribution in [0.3, 0.4) is 0 Å². The molecule has 9 aromatic rings. The zero-order valence-corrected chi connectivity index (χ0v) is 23.7. The molecule has 0 amide bonds. The van der Waals surface area contributed by atoms with E-state index in [1.54, 1.807) is 0 Å². The van der Waals surface area contributed by atoms with Crippen LogP contribution in [0.4, 0.5) is 0 Å². The number of benzene rings is 8. The van der Waals surface area contributed by atoms with E-state index in [0.717, 1.165) is 39.0 Å². The zero-order valence-electron chi connectivity index (χ0n) is 23.7. The lowest BCUT2D eigenvalue weighted by atomic mass is 9.84. The Kier molecular flexibility index (Phi) is 4.75. The highest BCUT2D eigenvalue weighted by Gasteiger charge is 2.22. The number of hydrogen-bond acceptors (Lipinski definition) is 2. The molecule has 204 valence electrons. The Labute approximate surface area is 253 Å². The Morgan fingerprint density at radius 2 is 0.955 bits per heavy atom. The summed E-state index contributed by atoms with van der Waals surface area (Å²) in [5.74, 6) is 1.81. The second-order valence-corrected chi connectivity index (χ2v) is 11.6. The van der Waals surface area contributed by atoms with Crippen molar-refractivity contribution in [1.82, 2.24) is 0 Å². The molecule has 0 saturated heterocycles.